The molecule has 11 rings (SSSR count). The quantitative estimate of drug-likeness (QED) is 0.00892. The third-order valence-corrected chi connectivity index (χ3v) is 17.2. The number of allylic oxidation sites excluding steroid dienone is 1. The van der Waals surface area contributed by atoms with Gasteiger partial charge < -0.3 is 41.4 Å². The molecule has 1 aliphatic heterocycles. The summed E-state index contributed by atoms with van der Waals surface area (Å²) in [4.78, 5) is 139. The van der Waals surface area contributed by atoms with Crippen molar-refractivity contribution < 1.29 is 98.0 Å². The first kappa shape index (κ1) is 99.2. The number of isothiocyanates is 1. The molecule has 105 heavy (non-hydrogen) atoms. The zero-order chi connectivity index (χ0) is 79.0. The summed E-state index contributed by atoms with van der Waals surface area (Å²) in [7, 11) is 12.1. The summed E-state index contributed by atoms with van der Waals surface area (Å²) in [6.45, 7) is 12.3. The number of methoxy groups -OCH3 is 2. The Balaban J connectivity index is 0. The molecule has 52 heteroatoms. The summed E-state index contributed by atoms with van der Waals surface area (Å²) in [5.74, 6) is 0.116. The van der Waals surface area contributed by atoms with Gasteiger partial charge in [0.2, 0.25) is 0 Å². The standard InChI is InChI=1S/C9H7BrN2O2S.C8H7BrN4O2S.C8H6BrN3O2S.C5HBrClN3S.C5H3BrN4S.C5H11NO2.C4H3Br2N3.C4H5NO2S.C4H8O2.CH4S.2ClH.Cu.Na.H/c1-14-8(13)3-5-2-6-9(15-5)12-7(10)4-11-6;1-2-15-8(14)13-7-12-5-6(16-7)11-4(9)3-10-5;1-14-6(13)2-5-12-7-8(15-5)11-4(9)3-10-7;2*6-2-1-8-3-4(9-2)11-5(7)10-3;1-5(2)3-4-8-6-7;5-2-1-8-4(7)3(6)9-2;1-2-7-4(6)5-3-8;1-3-6-4(2)5;1-2;;;;;/h3-4H,2H2,1H3;3H,2H2,1H3,(H,10,12,13,14);3H,2H2,1H3;1H;1H,(H2,7,8,10);5H,3-4H2,1-2H3;1H,(H2,7,8);2H2,1H3;3H2,1-2H3;2H,1H3;2*1H;;;/q;;;;;;;;;;;;+2;+1;-1/p-2/b5-3+;;;;;;;;;;;;;;/i;;;;;;;;;1D;;;;;. The molecule has 0 aromatic carbocycles. The van der Waals surface area contributed by atoms with Crippen molar-refractivity contribution in [1.82, 2.24) is 79.7 Å². The molecule has 0 saturated heterocycles. The van der Waals surface area contributed by atoms with Gasteiger partial charge in [-0.2, -0.15) is 22.6 Å². The molecule has 0 spiro atoms. The molecule has 0 aliphatic carbocycles. The molecule has 0 unspecified atom stereocenters. The number of carbonyl (C=O) groups excluding carboxylic acids is 5. The van der Waals surface area contributed by atoms with Crippen LogP contribution in [0.15, 0.2) is 95.7 Å². The van der Waals surface area contributed by atoms with Crippen molar-refractivity contribution in [1.29, 1.82) is 0 Å². The van der Waals surface area contributed by atoms with Gasteiger partial charge in [-0.05, 0) is 163 Å². The first-order valence-electron chi connectivity index (χ1n) is 28.2. The van der Waals surface area contributed by atoms with Crippen LogP contribution < -0.4 is 46.3 Å². The Morgan fingerprint density at radius 1 is 0.714 bits per heavy atom. The van der Waals surface area contributed by atoms with Crippen LogP contribution in [0, 0.1) is 10.8 Å². The molecule has 11 heterocycles. The molecule has 0 fully saturated rings. The van der Waals surface area contributed by atoms with Crippen LogP contribution in [0.2, 0.25) is 4.47 Å². The number of esters is 3. The van der Waals surface area contributed by atoms with E-state index in [-0.39, 0.29) is 61.5 Å². The number of nitrogens with zero attached hydrogens (tertiary/aromatic N) is 18. The number of hydrogen-bond acceptors (Lipinski definition) is 38. The van der Waals surface area contributed by atoms with Gasteiger partial charge in [-0.1, -0.05) is 82.6 Å². The number of thiol groups is 1. The molecule has 0 saturated carbocycles. The third-order valence-electron chi connectivity index (χ3n) is 9.57. The number of rotatable bonds is 11. The van der Waals surface area contributed by atoms with Gasteiger partial charge in [0.25, 0.3) is 0 Å². The van der Waals surface area contributed by atoms with Crippen LogP contribution in [-0.2, 0) is 68.9 Å². The fourth-order valence-electron chi connectivity index (χ4n) is 5.67. The van der Waals surface area contributed by atoms with Crippen molar-refractivity contribution in [2.75, 3.05) is 63.7 Å². The number of nitrogens with one attached hydrogen (secondary N) is 1. The number of aliphatic imine (C=N–C) groups is 1. The second-order valence-corrected chi connectivity index (χ2v) is 30.3. The number of thioether (sulfide) groups is 1. The van der Waals surface area contributed by atoms with Gasteiger partial charge in [0.1, 0.15) is 48.9 Å². The summed E-state index contributed by atoms with van der Waals surface area (Å²) in [5, 5.41) is 9.08. The third kappa shape index (κ3) is 44.6. The minimum Gasteiger partial charge on any atom is -1.00 e. The van der Waals surface area contributed by atoms with E-state index < -0.39 is 12.2 Å². The van der Waals surface area contributed by atoms with Gasteiger partial charge >= 0.3 is 93.0 Å². The smallest absolute Gasteiger partial charge is 1.00 e. The Hall–Kier alpha value is -3.82. The van der Waals surface area contributed by atoms with Gasteiger partial charge in [0.15, 0.2) is 67.8 Å². The van der Waals surface area contributed by atoms with Gasteiger partial charge in [0.05, 0.1) is 88.5 Å². The molecule has 0 bridgehead atoms. The summed E-state index contributed by atoms with van der Waals surface area (Å²) in [6, 6.07) is 0. The molecule has 10 aromatic heterocycles. The van der Waals surface area contributed by atoms with Crippen LogP contribution in [0.4, 0.5) is 25.7 Å². The number of anilines is 3. The van der Waals surface area contributed by atoms with E-state index in [1.165, 1.54) is 84.3 Å². The number of fused-ring (bicyclic) bond motifs is 5. The largest absolute Gasteiger partial charge is 1.00 e. The van der Waals surface area contributed by atoms with Crippen molar-refractivity contribution >= 4 is 319 Å². The molecule has 1 aliphatic rings. The van der Waals surface area contributed by atoms with Crippen molar-refractivity contribution in [3.8, 4) is 0 Å². The number of hydrogen-bond donors (Lipinski definition) is 4. The fraction of sp³-hybridized carbons (Fsp3) is 0.321. The Morgan fingerprint density at radius 3 is 1.67 bits per heavy atom. The van der Waals surface area contributed by atoms with E-state index in [0.29, 0.717) is 129 Å². The van der Waals surface area contributed by atoms with Crippen molar-refractivity contribution in [3.05, 3.63) is 100 Å². The predicted molar refractivity (Wildman–Crippen MR) is 432 cm³/mol. The zero-order valence-electron chi connectivity index (χ0n) is 57.4. The normalized spacial score (nSPS) is 10.6. The molecule has 33 nitrogen and oxygen atoms in total. The number of nitrogens with two attached hydrogens (primary N) is 2. The first-order chi connectivity index (χ1) is 49.9. The number of thiazole rings is 4. The number of thiocarbonyl (C=S) groups is 1. The van der Waals surface area contributed by atoms with Crippen molar-refractivity contribution in [3.63, 3.8) is 0 Å². The van der Waals surface area contributed by atoms with Gasteiger partial charge in [0, 0.05) is 25.7 Å². The maximum absolute atomic E-state index is 11.1. The zero-order valence-corrected chi connectivity index (χ0v) is 77.5. The summed E-state index contributed by atoms with van der Waals surface area (Å²) >= 11 is 43.0. The van der Waals surface area contributed by atoms with Crippen LogP contribution in [0.3, 0.4) is 0 Å². The van der Waals surface area contributed by atoms with Gasteiger partial charge in [-0.15, -0.1) is 9.90 Å². The van der Waals surface area contributed by atoms with Gasteiger partial charge in [-0.25, -0.2) is 79.2 Å². The minimum atomic E-state index is -0.678. The molecular formula is C53H56Br7Cl3CuN21NaO12S7. The number of aromatic nitrogens is 16. The van der Waals surface area contributed by atoms with E-state index in [4.69, 9.17) is 29.2 Å². The number of ether oxygens (including phenoxy) is 5. The first-order valence-corrected chi connectivity index (χ1v) is 41.1. The monoisotopic (exact) mass is 2150 g/mol. The number of carbonyl (C=O) groups is 5. The van der Waals surface area contributed by atoms with Crippen LogP contribution in [0.1, 0.15) is 61.5 Å². The number of amides is 2. The van der Waals surface area contributed by atoms with E-state index in [1.807, 2.05) is 5.16 Å². The molecule has 0 radical (unpaired) electrons. The van der Waals surface area contributed by atoms with E-state index >= 15 is 0 Å². The summed E-state index contributed by atoms with van der Waals surface area (Å²) < 4.78 is 33.8. The molecular weight excluding hydrogens is 2100 g/mol. The Labute approximate surface area is 733 Å². The molecule has 2 amide bonds. The maximum Gasteiger partial charge on any atom is 1.00 e. The topological polar surface area (TPSA) is 453 Å². The summed E-state index contributed by atoms with van der Waals surface area (Å²) in [5.41, 5.74) is 14.0. The average Bonchev–Trinajstić information content (AvgIpc) is 1.80. The van der Waals surface area contributed by atoms with Crippen LogP contribution in [0.25, 0.3) is 41.9 Å². The SMILES string of the molecule is CC(C)CCON=O.CCOC(=O)N=C=S.CCOC(=O)Nc1nc2ncc(Br)nc2s1.CCOC(C)=O.COC(=O)/C=C1\Cc2ncc(Br)nc2S1.COC(=O)Cc1nc2ncc(Br)nc2s1.Clc1nc2ncc(Br)nc2s1.Nc1nc2ncc(Br)nc2s1.Nc1ncc(Br)nc1Br.[2H]CS.[Cl][Cu][Cl].[H-].[Na+]. The number of nitrogen functional groups attached to an aromatic ring is 2. The van der Waals surface area contributed by atoms with E-state index in [2.05, 4.69) is 290 Å². The number of halogens is 10. The molecule has 0 atom stereocenters. The average molecular weight is 2160 g/mol. The van der Waals surface area contributed by atoms with Gasteiger partial charge in [-0.3, -0.25) is 19.9 Å². The van der Waals surface area contributed by atoms with E-state index in [9.17, 15) is 28.9 Å². The molecule has 10 aromatic rings. The minimum absolute atomic E-state index is 0. The Morgan fingerprint density at radius 2 is 1.19 bits per heavy atom. The Bertz CT molecular complexity index is 4400. The predicted octanol–water partition coefficient (Wildman–Crippen LogP) is 14.0. The van der Waals surface area contributed by atoms with Crippen LogP contribution in [0.5, 0.6) is 0 Å². The van der Waals surface area contributed by atoms with Crippen molar-refractivity contribution in [2.45, 2.75) is 65.8 Å². The second-order valence-electron chi connectivity index (χ2n) is 17.2. The van der Waals surface area contributed by atoms with Crippen LogP contribution >= 0.6 is 225 Å². The van der Waals surface area contributed by atoms with E-state index in [0.717, 1.165) is 44.8 Å². The fourth-order valence-corrected chi connectivity index (χ4v) is 12.8. The van der Waals surface area contributed by atoms with Crippen LogP contribution in [-0.4, -0.2) is 162 Å². The van der Waals surface area contributed by atoms with E-state index in [1.54, 1.807) is 58.0 Å². The molecule has 5 N–H and O–H groups in total. The summed E-state index contributed by atoms with van der Waals surface area (Å²) in [6.07, 6.45) is 11.7. The maximum atomic E-state index is 11.1. The molecule has 569 valence electrons. The second kappa shape index (κ2) is 59.1. The Kier molecular flexibility index (Phi) is 55.8. The van der Waals surface area contributed by atoms with Crippen molar-refractivity contribution in [2.24, 2.45) is 16.3 Å².